The van der Waals surface area contributed by atoms with Gasteiger partial charge in [0.15, 0.2) is 0 Å². The highest BCUT2D eigenvalue weighted by molar-refractivity contribution is 5.94. The number of anilines is 1. The molecule has 1 amide bonds. The summed E-state index contributed by atoms with van der Waals surface area (Å²) in [7, 11) is 0. The highest BCUT2D eigenvalue weighted by atomic mass is 16.1. The Labute approximate surface area is 149 Å². The van der Waals surface area contributed by atoms with Crippen molar-refractivity contribution in [1.82, 2.24) is 15.2 Å². The number of carbonyl (C=O) groups is 1. The van der Waals surface area contributed by atoms with Gasteiger partial charge in [0.1, 0.15) is 0 Å². The summed E-state index contributed by atoms with van der Waals surface area (Å²) in [6.45, 7) is 9.93. The van der Waals surface area contributed by atoms with Gasteiger partial charge in [-0.25, -0.2) is 0 Å². The van der Waals surface area contributed by atoms with Crippen LogP contribution in [0.25, 0.3) is 0 Å². The number of nitrogens with zero attached hydrogens (tertiary/aromatic N) is 3. The van der Waals surface area contributed by atoms with Gasteiger partial charge in [0.2, 0.25) is 0 Å². The molecule has 2 heterocycles. The number of nitrogens with one attached hydrogen (secondary N) is 1. The van der Waals surface area contributed by atoms with E-state index in [4.69, 9.17) is 0 Å². The summed E-state index contributed by atoms with van der Waals surface area (Å²) in [6.07, 6.45) is 3.48. The van der Waals surface area contributed by atoms with E-state index in [2.05, 4.69) is 46.1 Å². The first-order valence-corrected chi connectivity index (χ1v) is 8.92. The zero-order valence-corrected chi connectivity index (χ0v) is 15.0. The summed E-state index contributed by atoms with van der Waals surface area (Å²) in [5.74, 6) is -0.0814. The lowest BCUT2D eigenvalue weighted by atomic mass is 10.1. The van der Waals surface area contributed by atoms with Gasteiger partial charge >= 0.3 is 0 Å². The minimum atomic E-state index is -0.0814. The van der Waals surface area contributed by atoms with Gasteiger partial charge < -0.3 is 15.1 Å². The Bertz CT molecular complexity index is 706. The molecule has 1 aliphatic rings. The van der Waals surface area contributed by atoms with E-state index in [-0.39, 0.29) is 5.91 Å². The molecule has 1 aliphatic heterocycles. The molecule has 0 atom stereocenters. The van der Waals surface area contributed by atoms with E-state index in [1.165, 1.54) is 5.56 Å². The number of pyridine rings is 1. The van der Waals surface area contributed by atoms with Crippen molar-refractivity contribution in [1.29, 1.82) is 0 Å². The third-order valence-corrected chi connectivity index (χ3v) is 4.74. The lowest BCUT2D eigenvalue weighted by molar-refractivity contribution is 0.0950. The van der Waals surface area contributed by atoms with E-state index in [0.29, 0.717) is 12.1 Å². The summed E-state index contributed by atoms with van der Waals surface area (Å²) in [6, 6.07) is 10.1. The molecule has 1 N–H and O–H groups in total. The van der Waals surface area contributed by atoms with Crippen molar-refractivity contribution in [2.45, 2.75) is 20.4 Å². The van der Waals surface area contributed by atoms with Gasteiger partial charge in [0.25, 0.3) is 5.91 Å². The Balaban J connectivity index is 1.60. The van der Waals surface area contributed by atoms with Crippen LogP contribution in [0.4, 0.5) is 5.69 Å². The first kappa shape index (κ1) is 17.4. The van der Waals surface area contributed by atoms with E-state index in [9.17, 15) is 4.79 Å². The standard InChI is InChI=1S/C20H26N4O/c1-3-23-8-10-24(11-9-23)19-12-18(14-21-15-19)20(25)22-13-17-6-4-16(2)5-7-17/h4-7,12,14-15H,3,8-11,13H2,1-2H3,(H,22,25). The van der Waals surface area contributed by atoms with E-state index in [0.717, 1.165) is 44.0 Å². The van der Waals surface area contributed by atoms with Crippen LogP contribution in [0, 0.1) is 6.92 Å². The molecule has 0 unspecified atom stereocenters. The number of hydrogen-bond acceptors (Lipinski definition) is 4. The Morgan fingerprint density at radius 3 is 2.52 bits per heavy atom. The van der Waals surface area contributed by atoms with Crippen molar-refractivity contribution >= 4 is 11.6 Å². The average Bonchev–Trinajstić information content (AvgIpc) is 2.67. The van der Waals surface area contributed by atoms with Crippen LogP contribution in [-0.4, -0.2) is 48.5 Å². The highest BCUT2D eigenvalue weighted by Crippen LogP contribution is 2.17. The number of piperazine rings is 1. The van der Waals surface area contributed by atoms with Crippen molar-refractivity contribution in [3.05, 3.63) is 59.4 Å². The molecule has 1 aromatic heterocycles. The molecular weight excluding hydrogens is 312 g/mol. The van der Waals surface area contributed by atoms with Crippen LogP contribution in [0.1, 0.15) is 28.4 Å². The van der Waals surface area contributed by atoms with Crippen molar-refractivity contribution in [3.8, 4) is 0 Å². The molecule has 1 saturated heterocycles. The van der Waals surface area contributed by atoms with E-state index in [1.54, 1.807) is 6.20 Å². The Hall–Kier alpha value is -2.40. The molecule has 25 heavy (non-hydrogen) atoms. The first-order chi connectivity index (χ1) is 12.2. The first-order valence-electron chi connectivity index (χ1n) is 8.92. The SMILES string of the molecule is CCN1CCN(c2cncc(C(=O)NCc3ccc(C)cc3)c2)CC1. The molecule has 5 heteroatoms. The van der Waals surface area contributed by atoms with E-state index >= 15 is 0 Å². The second kappa shape index (κ2) is 8.12. The topological polar surface area (TPSA) is 48.5 Å². The zero-order chi connectivity index (χ0) is 17.6. The fraction of sp³-hybridized carbons (Fsp3) is 0.400. The third kappa shape index (κ3) is 4.57. The van der Waals surface area contributed by atoms with Gasteiger partial charge in [-0.05, 0) is 25.1 Å². The minimum absolute atomic E-state index is 0.0814. The maximum absolute atomic E-state index is 12.4. The lowest BCUT2D eigenvalue weighted by Crippen LogP contribution is -2.46. The van der Waals surface area contributed by atoms with Crippen molar-refractivity contribution < 1.29 is 4.79 Å². The van der Waals surface area contributed by atoms with Gasteiger partial charge in [-0.3, -0.25) is 9.78 Å². The molecule has 0 bridgehead atoms. The number of hydrogen-bond donors (Lipinski definition) is 1. The molecular formula is C20H26N4O. The third-order valence-electron chi connectivity index (χ3n) is 4.74. The Kier molecular flexibility index (Phi) is 5.66. The second-order valence-electron chi connectivity index (χ2n) is 6.52. The molecule has 0 spiro atoms. The zero-order valence-electron chi connectivity index (χ0n) is 15.0. The number of aryl methyl sites for hydroxylation is 1. The number of benzene rings is 1. The second-order valence-corrected chi connectivity index (χ2v) is 6.52. The maximum atomic E-state index is 12.4. The molecule has 0 radical (unpaired) electrons. The van der Waals surface area contributed by atoms with Gasteiger partial charge in [0, 0.05) is 38.9 Å². The Morgan fingerprint density at radius 1 is 1.12 bits per heavy atom. The number of rotatable bonds is 5. The predicted octanol–water partition coefficient (Wildman–Crippen LogP) is 2.46. The van der Waals surface area contributed by atoms with Crippen LogP contribution in [0.5, 0.6) is 0 Å². The van der Waals surface area contributed by atoms with Crippen LogP contribution in [-0.2, 0) is 6.54 Å². The number of likely N-dealkylation sites (N-methyl/N-ethyl adjacent to an activating group) is 1. The van der Waals surface area contributed by atoms with E-state index in [1.807, 2.05) is 24.4 Å². The monoisotopic (exact) mass is 338 g/mol. The van der Waals surface area contributed by atoms with Crippen LogP contribution < -0.4 is 10.2 Å². The smallest absolute Gasteiger partial charge is 0.253 e. The average molecular weight is 338 g/mol. The molecule has 1 aromatic carbocycles. The molecule has 3 rings (SSSR count). The fourth-order valence-corrected chi connectivity index (χ4v) is 3.04. The molecule has 0 aliphatic carbocycles. The fourth-order valence-electron chi connectivity index (χ4n) is 3.04. The number of carbonyl (C=O) groups excluding carboxylic acids is 1. The summed E-state index contributed by atoms with van der Waals surface area (Å²) in [5, 5.41) is 2.98. The van der Waals surface area contributed by atoms with Crippen LogP contribution in [0.3, 0.4) is 0 Å². The van der Waals surface area contributed by atoms with Crippen molar-refractivity contribution in [3.63, 3.8) is 0 Å². The molecule has 5 nitrogen and oxygen atoms in total. The van der Waals surface area contributed by atoms with Crippen LogP contribution in [0.15, 0.2) is 42.7 Å². The van der Waals surface area contributed by atoms with E-state index < -0.39 is 0 Å². The Morgan fingerprint density at radius 2 is 1.84 bits per heavy atom. The maximum Gasteiger partial charge on any atom is 0.253 e. The van der Waals surface area contributed by atoms with Crippen molar-refractivity contribution in [2.75, 3.05) is 37.6 Å². The van der Waals surface area contributed by atoms with Crippen LogP contribution in [0.2, 0.25) is 0 Å². The number of aromatic nitrogens is 1. The quantitative estimate of drug-likeness (QED) is 0.910. The molecule has 0 saturated carbocycles. The van der Waals surface area contributed by atoms with Gasteiger partial charge in [-0.2, -0.15) is 0 Å². The van der Waals surface area contributed by atoms with Gasteiger partial charge in [-0.1, -0.05) is 36.8 Å². The van der Waals surface area contributed by atoms with Crippen LogP contribution >= 0.6 is 0 Å². The van der Waals surface area contributed by atoms with Gasteiger partial charge in [0.05, 0.1) is 17.4 Å². The number of amides is 1. The summed E-state index contributed by atoms with van der Waals surface area (Å²) < 4.78 is 0. The predicted molar refractivity (Wildman–Crippen MR) is 101 cm³/mol. The van der Waals surface area contributed by atoms with Gasteiger partial charge in [-0.15, -0.1) is 0 Å². The molecule has 132 valence electrons. The minimum Gasteiger partial charge on any atom is -0.368 e. The summed E-state index contributed by atoms with van der Waals surface area (Å²) in [4.78, 5) is 21.4. The summed E-state index contributed by atoms with van der Waals surface area (Å²) >= 11 is 0. The summed E-state index contributed by atoms with van der Waals surface area (Å²) in [5.41, 5.74) is 3.95. The van der Waals surface area contributed by atoms with Crippen molar-refractivity contribution in [2.24, 2.45) is 0 Å². The lowest BCUT2D eigenvalue weighted by Gasteiger charge is -2.35. The molecule has 1 fully saturated rings. The molecule has 2 aromatic rings. The largest absolute Gasteiger partial charge is 0.368 e. The normalized spacial score (nSPS) is 15.2. The highest BCUT2D eigenvalue weighted by Gasteiger charge is 2.17.